The van der Waals surface area contributed by atoms with E-state index in [-0.39, 0.29) is 59.6 Å². The molecule has 0 radical (unpaired) electrons. The summed E-state index contributed by atoms with van der Waals surface area (Å²) in [6, 6.07) is 15.6. The predicted octanol–water partition coefficient (Wildman–Crippen LogP) is 3.78. The third-order valence-electron chi connectivity index (χ3n) is 3.79. The monoisotopic (exact) mass is 463 g/mol. The smallest absolute Gasteiger partial charge is 0.341 e. The third-order valence-corrected chi connectivity index (χ3v) is 3.79. The Morgan fingerprint density at radius 3 is 1.84 bits per heavy atom. The first-order valence-corrected chi connectivity index (χ1v) is 8.32. The lowest BCUT2D eigenvalue weighted by molar-refractivity contribution is 0.0693. The van der Waals surface area contributed by atoms with Crippen LogP contribution in [0.4, 0.5) is 0 Å². The second-order valence-corrected chi connectivity index (χ2v) is 5.89. The Hall–Kier alpha value is -3.82. The van der Waals surface area contributed by atoms with Crippen LogP contribution in [0.3, 0.4) is 0 Å². The van der Waals surface area contributed by atoms with Gasteiger partial charge in [-0.1, -0.05) is 24.3 Å². The molecular weight excluding hydrogens is 445 g/mol. The second kappa shape index (κ2) is 10.8. The molecule has 0 bridgehead atoms. The van der Waals surface area contributed by atoms with Gasteiger partial charge in [-0.05, 0) is 30.3 Å². The fourth-order valence-electron chi connectivity index (χ4n) is 2.41. The highest BCUT2D eigenvalue weighted by Gasteiger charge is 2.16. The maximum absolute atomic E-state index is 11.5. The summed E-state index contributed by atoms with van der Waals surface area (Å²) in [6.07, 6.45) is 0. The number of benzene rings is 2. The van der Waals surface area contributed by atoms with Crippen molar-refractivity contribution in [1.29, 1.82) is 10.8 Å². The number of carboxylic acids is 1. The molecule has 0 aliphatic heterocycles. The maximum atomic E-state index is 11.5. The van der Waals surface area contributed by atoms with Gasteiger partial charge in [0.1, 0.15) is 28.7 Å². The molecule has 0 amide bonds. The molecule has 3 rings (SSSR count). The van der Waals surface area contributed by atoms with Gasteiger partial charge in [0.05, 0.1) is 0 Å². The quantitative estimate of drug-likeness (QED) is 0.262. The lowest BCUT2D eigenvalue weighted by atomic mass is 10.2. The van der Waals surface area contributed by atoms with Crippen molar-refractivity contribution in [2.75, 3.05) is 0 Å². The lowest BCUT2D eigenvalue weighted by Gasteiger charge is -2.11. The SMILES string of the molecule is Cl.Cl.N=C(N)c1cccc(Oc2ccc(C(=O)O)c(Oc3cccc(C(=N)N)c3)n2)c1. The molecule has 0 spiro atoms. The normalized spacial score (nSPS) is 9.55. The van der Waals surface area contributed by atoms with Crippen molar-refractivity contribution in [2.45, 2.75) is 0 Å². The molecule has 0 atom stereocenters. The Labute approximate surface area is 189 Å². The van der Waals surface area contributed by atoms with Gasteiger partial charge < -0.3 is 26.0 Å². The first-order valence-electron chi connectivity index (χ1n) is 8.32. The zero-order valence-corrected chi connectivity index (χ0v) is 17.5. The van der Waals surface area contributed by atoms with Crippen molar-refractivity contribution in [3.05, 3.63) is 77.4 Å². The van der Waals surface area contributed by atoms with Crippen LogP contribution >= 0.6 is 24.8 Å². The van der Waals surface area contributed by atoms with E-state index < -0.39 is 5.97 Å². The summed E-state index contributed by atoms with van der Waals surface area (Å²) >= 11 is 0. The van der Waals surface area contributed by atoms with Gasteiger partial charge in [0.25, 0.3) is 0 Å². The summed E-state index contributed by atoms with van der Waals surface area (Å²) < 4.78 is 11.3. The number of amidine groups is 2. The van der Waals surface area contributed by atoms with Crippen LogP contribution in [0.5, 0.6) is 23.3 Å². The summed E-state index contributed by atoms with van der Waals surface area (Å²) in [5.74, 6) is -0.934. The number of halogens is 2. The molecule has 1 aromatic heterocycles. The third kappa shape index (κ3) is 6.33. The van der Waals surface area contributed by atoms with Gasteiger partial charge in [-0.3, -0.25) is 10.8 Å². The number of aromatic nitrogens is 1. The van der Waals surface area contributed by atoms with Crippen LogP contribution in [-0.2, 0) is 0 Å². The van der Waals surface area contributed by atoms with Crippen LogP contribution in [0.15, 0.2) is 60.7 Å². The zero-order chi connectivity index (χ0) is 21.0. The van der Waals surface area contributed by atoms with Crippen molar-refractivity contribution in [3.63, 3.8) is 0 Å². The molecule has 2 aromatic carbocycles. The number of nitrogens with two attached hydrogens (primary N) is 2. The van der Waals surface area contributed by atoms with Crippen molar-refractivity contribution in [1.82, 2.24) is 4.98 Å². The van der Waals surface area contributed by atoms with Gasteiger partial charge in [0, 0.05) is 17.2 Å². The van der Waals surface area contributed by atoms with Gasteiger partial charge in [-0.25, -0.2) is 4.79 Å². The summed E-state index contributed by atoms with van der Waals surface area (Å²) in [5.41, 5.74) is 11.7. The van der Waals surface area contributed by atoms with E-state index in [1.54, 1.807) is 42.5 Å². The molecule has 0 aliphatic rings. The van der Waals surface area contributed by atoms with Gasteiger partial charge in [-0.15, -0.1) is 24.8 Å². The molecule has 11 heteroatoms. The Balaban J connectivity index is 0.00000240. The number of nitrogen functional groups attached to an aromatic ring is 2. The number of hydrogen-bond acceptors (Lipinski definition) is 6. The second-order valence-electron chi connectivity index (χ2n) is 5.89. The summed E-state index contributed by atoms with van der Waals surface area (Å²) in [5, 5.41) is 24.4. The van der Waals surface area contributed by atoms with Gasteiger partial charge in [-0.2, -0.15) is 4.98 Å². The van der Waals surface area contributed by atoms with E-state index in [1.165, 1.54) is 18.2 Å². The summed E-state index contributed by atoms with van der Waals surface area (Å²) in [6.45, 7) is 0. The first-order chi connectivity index (χ1) is 13.8. The minimum Gasteiger partial charge on any atom is -0.477 e. The Kier molecular flexibility index (Phi) is 8.80. The van der Waals surface area contributed by atoms with Crippen LogP contribution < -0.4 is 20.9 Å². The van der Waals surface area contributed by atoms with Crippen molar-refractivity contribution >= 4 is 42.5 Å². The molecule has 7 N–H and O–H groups in total. The summed E-state index contributed by atoms with van der Waals surface area (Å²) in [7, 11) is 0. The minimum atomic E-state index is -1.22. The standard InChI is InChI=1S/C20H17N5O4.2ClH/c21-17(22)11-3-1-5-13(9-11)28-16-8-7-15(20(26)27)19(25-16)29-14-6-2-4-12(10-14)18(23)24;;/h1-10H,(H3,21,22)(H3,23,24)(H,26,27);2*1H. The van der Waals surface area contributed by atoms with E-state index in [0.717, 1.165) is 0 Å². The fourth-order valence-corrected chi connectivity index (χ4v) is 2.41. The highest BCUT2D eigenvalue weighted by molar-refractivity contribution is 5.96. The topological polar surface area (TPSA) is 168 Å². The molecule has 0 unspecified atom stereocenters. The first kappa shape index (κ1) is 25.2. The van der Waals surface area contributed by atoms with Gasteiger partial charge >= 0.3 is 5.97 Å². The Bertz CT molecular complexity index is 1120. The van der Waals surface area contributed by atoms with Gasteiger partial charge in [0.2, 0.25) is 11.8 Å². The van der Waals surface area contributed by atoms with Crippen molar-refractivity contribution < 1.29 is 19.4 Å². The number of carbonyl (C=O) groups is 1. The zero-order valence-electron chi connectivity index (χ0n) is 15.9. The lowest BCUT2D eigenvalue weighted by Crippen LogP contribution is -2.11. The molecule has 9 nitrogen and oxygen atoms in total. The van der Waals surface area contributed by atoms with Gasteiger partial charge in [0.15, 0.2) is 0 Å². The molecule has 31 heavy (non-hydrogen) atoms. The van der Waals surface area contributed by atoms with E-state index in [9.17, 15) is 9.90 Å². The molecule has 162 valence electrons. The molecule has 3 aromatic rings. The maximum Gasteiger partial charge on any atom is 0.341 e. The molecule has 0 fully saturated rings. The van der Waals surface area contributed by atoms with Crippen LogP contribution in [-0.4, -0.2) is 27.7 Å². The minimum absolute atomic E-state index is 0. The van der Waals surface area contributed by atoms with E-state index in [0.29, 0.717) is 16.9 Å². The van der Waals surface area contributed by atoms with E-state index in [4.69, 9.17) is 31.8 Å². The van der Waals surface area contributed by atoms with E-state index in [1.807, 2.05) is 0 Å². The van der Waals surface area contributed by atoms with Crippen LogP contribution in [0.1, 0.15) is 21.5 Å². The molecule has 0 aliphatic carbocycles. The van der Waals surface area contributed by atoms with E-state index >= 15 is 0 Å². The number of carboxylic acid groups (broad SMARTS) is 1. The highest BCUT2D eigenvalue weighted by Crippen LogP contribution is 2.29. The number of hydrogen-bond donors (Lipinski definition) is 5. The number of nitrogens with one attached hydrogen (secondary N) is 2. The predicted molar refractivity (Wildman–Crippen MR) is 121 cm³/mol. The summed E-state index contributed by atoms with van der Waals surface area (Å²) in [4.78, 5) is 15.7. The Morgan fingerprint density at radius 2 is 1.35 bits per heavy atom. The van der Waals surface area contributed by atoms with Crippen molar-refractivity contribution in [2.24, 2.45) is 11.5 Å². The number of nitrogens with zero attached hydrogens (tertiary/aromatic N) is 1. The Morgan fingerprint density at radius 1 is 0.839 bits per heavy atom. The average molecular weight is 464 g/mol. The van der Waals surface area contributed by atoms with Crippen molar-refractivity contribution in [3.8, 4) is 23.3 Å². The largest absolute Gasteiger partial charge is 0.477 e. The van der Waals surface area contributed by atoms with Crippen LogP contribution in [0.25, 0.3) is 0 Å². The number of pyridine rings is 1. The fraction of sp³-hybridized carbons (Fsp3) is 0. The van der Waals surface area contributed by atoms with Crippen LogP contribution in [0, 0.1) is 10.8 Å². The highest BCUT2D eigenvalue weighted by atomic mass is 35.5. The molecular formula is C20H19Cl2N5O4. The number of ether oxygens (including phenoxy) is 2. The number of aromatic carboxylic acids is 1. The van der Waals surface area contributed by atoms with Crippen LogP contribution in [0.2, 0.25) is 0 Å². The molecule has 0 saturated heterocycles. The molecule has 1 heterocycles. The number of rotatable bonds is 7. The average Bonchev–Trinajstić information content (AvgIpc) is 2.68. The van der Waals surface area contributed by atoms with E-state index in [2.05, 4.69) is 4.98 Å². The molecule has 0 saturated carbocycles.